The summed E-state index contributed by atoms with van der Waals surface area (Å²) < 4.78 is 0. The Labute approximate surface area is 97.5 Å². The molecule has 1 aromatic heterocycles. The summed E-state index contributed by atoms with van der Waals surface area (Å²) >= 11 is 0. The first-order valence-electron chi connectivity index (χ1n) is 6.18. The van der Waals surface area contributed by atoms with E-state index in [-0.39, 0.29) is 0 Å². The van der Waals surface area contributed by atoms with Crippen LogP contribution in [-0.4, -0.2) is 11.0 Å². The van der Waals surface area contributed by atoms with Crippen LogP contribution in [0.5, 0.6) is 0 Å². The average molecular weight is 219 g/mol. The highest BCUT2D eigenvalue weighted by Crippen LogP contribution is 2.35. The number of hydrogen-bond acceptors (Lipinski definition) is 3. The molecule has 1 fully saturated rings. The number of nitrogen functional groups attached to an aromatic ring is 1. The van der Waals surface area contributed by atoms with Crippen molar-refractivity contribution in [2.45, 2.75) is 39.2 Å². The molecule has 0 spiro atoms. The molecule has 0 saturated heterocycles. The van der Waals surface area contributed by atoms with Crippen LogP contribution in [0.1, 0.15) is 33.1 Å². The van der Waals surface area contributed by atoms with E-state index in [1.807, 2.05) is 12.1 Å². The zero-order chi connectivity index (χ0) is 11.5. The second kappa shape index (κ2) is 4.73. The van der Waals surface area contributed by atoms with Crippen LogP contribution in [0.2, 0.25) is 0 Å². The van der Waals surface area contributed by atoms with E-state index in [1.54, 1.807) is 6.20 Å². The molecule has 3 N–H and O–H groups in total. The number of nitrogens with one attached hydrogen (secondary N) is 1. The van der Waals surface area contributed by atoms with Crippen molar-refractivity contribution in [1.82, 2.24) is 4.98 Å². The highest BCUT2D eigenvalue weighted by molar-refractivity contribution is 5.50. The van der Waals surface area contributed by atoms with Gasteiger partial charge in [0, 0.05) is 24.0 Å². The van der Waals surface area contributed by atoms with Crippen molar-refractivity contribution in [2.75, 3.05) is 11.1 Å². The maximum absolute atomic E-state index is 5.67. The smallest absolute Gasteiger partial charge is 0.125 e. The summed E-state index contributed by atoms with van der Waals surface area (Å²) in [4.78, 5) is 4.00. The second-order valence-electron chi connectivity index (χ2n) is 4.83. The molecule has 0 aromatic carbocycles. The Balaban J connectivity index is 2.00. The number of hydrogen-bond donors (Lipinski definition) is 2. The van der Waals surface area contributed by atoms with E-state index in [1.165, 1.54) is 19.3 Å². The van der Waals surface area contributed by atoms with Crippen LogP contribution >= 0.6 is 0 Å². The van der Waals surface area contributed by atoms with Crippen LogP contribution in [-0.2, 0) is 0 Å². The third-order valence-corrected chi connectivity index (χ3v) is 3.88. The van der Waals surface area contributed by atoms with E-state index in [0.717, 1.165) is 17.5 Å². The molecule has 0 amide bonds. The molecule has 0 bridgehead atoms. The quantitative estimate of drug-likeness (QED) is 0.821. The van der Waals surface area contributed by atoms with Crippen molar-refractivity contribution in [1.29, 1.82) is 0 Å². The molecule has 0 radical (unpaired) electrons. The third-order valence-electron chi connectivity index (χ3n) is 3.88. The second-order valence-corrected chi connectivity index (χ2v) is 4.83. The molecule has 16 heavy (non-hydrogen) atoms. The van der Waals surface area contributed by atoms with Gasteiger partial charge in [-0.15, -0.1) is 0 Å². The van der Waals surface area contributed by atoms with Gasteiger partial charge in [0.05, 0.1) is 0 Å². The maximum Gasteiger partial charge on any atom is 0.125 e. The Morgan fingerprint density at radius 1 is 1.50 bits per heavy atom. The first-order chi connectivity index (χ1) is 7.70. The van der Waals surface area contributed by atoms with Crippen LogP contribution in [0.4, 0.5) is 11.5 Å². The van der Waals surface area contributed by atoms with Crippen molar-refractivity contribution in [3.63, 3.8) is 0 Å². The van der Waals surface area contributed by atoms with Gasteiger partial charge in [0.25, 0.3) is 0 Å². The monoisotopic (exact) mass is 219 g/mol. The lowest BCUT2D eigenvalue weighted by molar-refractivity contribution is 0.392. The Bertz CT molecular complexity index is 351. The van der Waals surface area contributed by atoms with Crippen LogP contribution < -0.4 is 11.1 Å². The van der Waals surface area contributed by atoms with E-state index >= 15 is 0 Å². The Morgan fingerprint density at radius 3 is 2.94 bits per heavy atom. The molecule has 1 aliphatic carbocycles. The summed E-state index contributed by atoms with van der Waals surface area (Å²) in [5.41, 5.74) is 6.77. The predicted molar refractivity (Wildman–Crippen MR) is 68.2 cm³/mol. The fraction of sp³-hybridized carbons (Fsp3) is 0.615. The Hall–Kier alpha value is -1.25. The van der Waals surface area contributed by atoms with Crippen molar-refractivity contribution < 1.29 is 0 Å². The number of nitrogens with zero attached hydrogens (tertiary/aromatic N) is 1. The number of nitrogens with two attached hydrogens (primary N) is 1. The Morgan fingerprint density at radius 2 is 2.31 bits per heavy atom. The van der Waals surface area contributed by atoms with Crippen molar-refractivity contribution in [3.05, 3.63) is 18.3 Å². The zero-order valence-corrected chi connectivity index (χ0v) is 10.1. The molecule has 2 rings (SSSR count). The van der Waals surface area contributed by atoms with E-state index < -0.39 is 0 Å². The molecule has 88 valence electrons. The molecule has 3 heteroatoms. The normalized spacial score (nSPS) is 29.2. The van der Waals surface area contributed by atoms with Gasteiger partial charge in [0.15, 0.2) is 0 Å². The van der Waals surface area contributed by atoms with Gasteiger partial charge in [-0.05, 0) is 30.7 Å². The SMILES string of the molecule is CCC1CCC(Nc2ccnc(N)c2)C1C. The van der Waals surface area contributed by atoms with Crippen LogP contribution in [0.25, 0.3) is 0 Å². The first kappa shape index (κ1) is 11.2. The minimum absolute atomic E-state index is 0.586. The minimum atomic E-state index is 0.586. The van der Waals surface area contributed by atoms with Gasteiger partial charge in [-0.1, -0.05) is 20.3 Å². The van der Waals surface area contributed by atoms with E-state index in [0.29, 0.717) is 11.9 Å². The van der Waals surface area contributed by atoms with Gasteiger partial charge in [0.1, 0.15) is 5.82 Å². The van der Waals surface area contributed by atoms with Crippen LogP contribution in [0.3, 0.4) is 0 Å². The predicted octanol–water partition coefficient (Wildman–Crippen LogP) is 2.90. The largest absolute Gasteiger partial charge is 0.384 e. The van der Waals surface area contributed by atoms with Crippen LogP contribution in [0.15, 0.2) is 18.3 Å². The Kier molecular flexibility index (Phi) is 3.32. The fourth-order valence-electron chi connectivity index (χ4n) is 2.78. The third kappa shape index (κ3) is 2.29. The van der Waals surface area contributed by atoms with Gasteiger partial charge in [-0.3, -0.25) is 0 Å². The minimum Gasteiger partial charge on any atom is -0.384 e. The highest BCUT2D eigenvalue weighted by atomic mass is 14.9. The summed E-state index contributed by atoms with van der Waals surface area (Å²) in [6, 6.07) is 4.49. The van der Waals surface area contributed by atoms with E-state index in [4.69, 9.17) is 5.73 Å². The molecule has 3 nitrogen and oxygen atoms in total. The molecule has 1 heterocycles. The molecule has 3 unspecified atom stereocenters. The molecular weight excluding hydrogens is 198 g/mol. The lowest BCUT2D eigenvalue weighted by Crippen LogP contribution is -2.24. The molecule has 3 atom stereocenters. The van der Waals surface area contributed by atoms with E-state index in [9.17, 15) is 0 Å². The highest BCUT2D eigenvalue weighted by Gasteiger charge is 2.31. The zero-order valence-electron chi connectivity index (χ0n) is 10.1. The molecule has 1 aliphatic rings. The average Bonchev–Trinajstić information content (AvgIpc) is 2.60. The van der Waals surface area contributed by atoms with Gasteiger partial charge in [-0.25, -0.2) is 4.98 Å². The van der Waals surface area contributed by atoms with Gasteiger partial charge in [-0.2, -0.15) is 0 Å². The van der Waals surface area contributed by atoms with Crippen molar-refractivity contribution in [3.8, 4) is 0 Å². The molecule has 0 aliphatic heterocycles. The lowest BCUT2D eigenvalue weighted by atomic mass is 9.93. The number of aromatic nitrogens is 1. The van der Waals surface area contributed by atoms with Crippen molar-refractivity contribution >= 4 is 11.5 Å². The van der Waals surface area contributed by atoms with Crippen LogP contribution in [0, 0.1) is 11.8 Å². The standard InChI is InChI=1S/C13H21N3/c1-3-10-4-5-12(9(10)2)16-11-6-7-15-13(14)8-11/h6-10,12H,3-5H2,1-2H3,(H3,14,15,16). The summed E-state index contributed by atoms with van der Waals surface area (Å²) in [6.07, 6.45) is 5.66. The molecule has 1 saturated carbocycles. The van der Waals surface area contributed by atoms with Gasteiger partial charge >= 0.3 is 0 Å². The molecular formula is C13H21N3. The first-order valence-corrected chi connectivity index (χ1v) is 6.18. The molecule has 1 aromatic rings. The summed E-state index contributed by atoms with van der Waals surface area (Å²) in [7, 11) is 0. The topological polar surface area (TPSA) is 50.9 Å². The summed E-state index contributed by atoms with van der Waals surface area (Å²) in [5, 5.41) is 3.58. The van der Waals surface area contributed by atoms with Crippen molar-refractivity contribution in [2.24, 2.45) is 11.8 Å². The number of anilines is 2. The fourth-order valence-corrected chi connectivity index (χ4v) is 2.78. The number of rotatable bonds is 3. The summed E-state index contributed by atoms with van der Waals surface area (Å²) in [5.74, 6) is 2.21. The summed E-state index contributed by atoms with van der Waals surface area (Å²) in [6.45, 7) is 4.64. The number of pyridine rings is 1. The van der Waals surface area contributed by atoms with Gasteiger partial charge in [0.2, 0.25) is 0 Å². The maximum atomic E-state index is 5.67. The van der Waals surface area contributed by atoms with E-state index in [2.05, 4.69) is 24.1 Å². The lowest BCUT2D eigenvalue weighted by Gasteiger charge is -2.22. The van der Waals surface area contributed by atoms with Gasteiger partial charge < -0.3 is 11.1 Å².